The van der Waals surface area contributed by atoms with E-state index in [0.29, 0.717) is 16.5 Å². The van der Waals surface area contributed by atoms with Crippen LogP contribution in [0.15, 0.2) is 45.8 Å². The Morgan fingerprint density at radius 3 is 2.80 bits per heavy atom. The molecule has 102 valence electrons. The Kier molecular flexibility index (Phi) is 2.99. The van der Waals surface area contributed by atoms with Crippen molar-refractivity contribution in [2.45, 2.75) is 11.8 Å². The van der Waals surface area contributed by atoms with E-state index in [1.807, 2.05) is 19.1 Å². The van der Waals surface area contributed by atoms with Crippen molar-refractivity contribution in [3.63, 3.8) is 0 Å². The van der Waals surface area contributed by atoms with Crippen molar-refractivity contribution in [1.82, 2.24) is 4.98 Å². The summed E-state index contributed by atoms with van der Waals surface area (Å²) >= 11 is 6.11. The maximum atomic E-state index is 11.9. The van der Waals surface area contributed by atoms with Gasteiger partial charge in [0, 0.05) is 11.2 Å². The summed E-state index contributed by atoms with van der Waals surface area (Å²) in [6.07, 6.45) is 2.78. The zero-order valence-electron chi connectivity index (χ0n) is 10.5. The lowest BCUT2D eigenvalue weighted by Crippen LogP contribution is -2.23. The molecule has 0 spiro atoms. The van der Waals surface area contributed by atoms with Crippen LogP contribution in [0.5, 0.6) is 0 Å². The van der Waals surface area contributed by atoms with E-state index in [2.05, 4.69) is 9.38 Å². The summed E-state index contributed by atoms with van der Waals surface area (Å²) in [7, 11) is -3.67. The van der Waals surface area contributed by atoms with Crippen LogP contribution in [0.25, 0.3) is 0 Å². The number of rotatable bonds is 1. The van der Waals surface area contributed by atoms with Gasteiger partial charge < -0.3 is 0 Å². The van der Waals surface area contributed by atoms with Crippen molar-refractivity contribution < 1.29 is 8.42 Å². The number of halogens is 1. The third-order valence-corrected chi connectivity index (χ3v) is 4.65. The maximum Gasteiger partial charge on any atom is 0.287 e. The largest absolute Gasteiger partial charge is 0.287 e. The predicted octanol–water partition coefficient (Wildman–Crippen LogP) is 2.91. The molecule has 0 unspecified atom stereocenters. The Bertz CT molecular complexity index is 818. The first-order valence-corrected chi connectivity index (χ1v) is 7.62. The number of hydrogen-bond acceptors (Lipinski definition) is 4. The zero-order chi connectivity index (χ0) is 14.3. The molecule has 20 heavy (non-hydrogen) atoms. The molecule has 1 aromatic carbocycles. The number of aromatic nitrogens is 1. The van der Waals surface area contributed by atoms with Crippen LogP contribution < -0.4 is 4.90 Å². The van der Waals surface area contributed by atoms with Crippen LogP contribution in [0.2, 0.25) is 5.02 Å². The summed E-state index contributed by atoms with van der Waals surface area (Å²) in [5, 5.41) is 0.599. The van der Waals surface area contributed by atoms with Crippen molar-refractivity contribution in [3.05, 3.63) is 47.1 Å². The molecule has 1 aromatic heterocycles. The third kappa shape index (κ3) is 2.07. The SMILES string of the molecule is Cc1ccc(N2C=NS(=O)(=O)c3cccnc32)cc1Cl. The van der Waals surface area contributed by atoms with Crippen molar-refractivity contribution in [2.75, 3.05) is 4.90 Å². The Balaban J connectivity index is 2.19. The molecule has 0 bridgehead atoms. The molecule has 2 aromatic rings. The van der Waals surface area contributed by atoms with Crippen LogP contribution in [0.3, 0.4) is 0 Å². The number of benzene rings is 1. The zero-order valence-corrected chi connectivity index (χ0v) is 12.1. The van der Waals surface area contributed by atoms with Gasteiger partial charge in [-0.05, 0) is 36.8 Å². The molecule has 3 rings (SSSR count). The molecule has 1 aliphatic rings. The number of nitrogens with zero attached hydrogens (tertiary/aromatic N) is 3. The summed E-state index contributed by atoms with van der Waals surface area (Å²) in [6.45, 7) is 1.90. The molecular formula is C13H10ClN3O2S. The number of hydrogen-bond donors (Lipinski definition) is 0. The van der Waals surface area contributed by atoms with Gasteiger partial charge in [0.2, 0.25) is 0 Å². The van der Waals surface area contributed by atoms with Crippen LogP contribution in [0.4, 0.5) is 11.5 Å². The van der Waals surface area contributed by atoms with Gasteiger partial charge in [-0.2, -0.15) is 8.42 Å². The molecule has 5 nitrogen and oxygen atoms in total. The number of sulfonamides is 1. The monoisotopic (exact) mass is 307 g/mol. The highest BCUT2D eigenvalue weighted by molar-refractivity contribution is 7.90. The van der Waals surface area contributed by atoms with Gasteiger partial charge in [0.25, 0.3) is 10.0 Å². The molecule has 0 aliphatic carbocycles. The van der Waals surface area contributed by atoms with E-state index in [9.17, 15) is 8.42 Å². The Morgan fingerprint density at radius 2 is 2.05 bits per heavy atom. The fourth-order valence-electron chi connectivity index (χ4n) is 1.91. The fourth-order valence-corrected chi connectivity index (χ4v) is 3.04. The first kappa shape index (κ1) is 13.1. The standard InChI is InChI=1S/C13H10ClN3O2S/c1-9-4-5-10(7-11(9)14)17-8-16-20(18,19)12-3-2-6-15-13(12)17/h2-8H,1H3. The number of fused-ring (bicyclic) bond motifs is 1. The highest BCUT2D eigenvalue weighted by Crippen LogP contribution is 2.33. The maximum absolute atomic E-state index is 11.9. The summed E-state index contributed by atoms with van der Waals surface area (Å²) in [4.78, 5) is 5.82. The highest BCUT2D eigenvalue weighted by atomic mass is 35.5. The molecular weight excluding hydrogens is 298 g/mol. The molecule has 1 aliphatic heterocycles. The molecule has 0 N–H and O–H groups in total. The van der Waals surface area contributed by atoms with Crippen molar-refractivity contribution >= 4 is 39.5 Å². The van der Waals surface area contributed by atoms with E-state index >= 15 is 0 Å². The molecule has 0 fully saturated rings. The van der Waals surface area contributed by atoms with Crippen molar-refractivity contribution in [2.24, 2.45) is 4.40 Å². The minimum Gasteiger partial charge on any atom is -0.283 e. The molecule has 0 radical (unpaired) electrons. The quantitative estimate of drug-likeness (QED) is 0.812. The second-order valence-electron chi connectivity index (χ2n) is 4.32. The molecule has 0 saturated heterocycles. The average Bonchev–Trinajstić information content (AvgIpc) is 2.43. The van der Waals surface area contributed by atoms with Crippen LogP contribution in [-0.4, -0.2) is 19.7 Å². The first-order chi connectivity index (χ1) is 9.49. The third-order valence-electron chi connectivity index (χ3n) is 2.99. The lowest BCUT2D eigenvalue weighted by molar-refractivity contribution is 0.597. The molecule has 0 atom stereocenters. The minimum absolute atomic E-state index is 0.0826. The summed E-state index contributed by atoms with van der Waals surface area (Å²) in [6, 6.07) is 8.49. The van der Waals surface area contributed by atoms with E-state index < -0.39 is 10.0 Å². The molecule has 0 saturated carbocycles. The minimum atomic E-state index is -3.67. The van der Waals surface area contributed by atoms with Crippen LogP contribution >= 0.6 is 11.6 Å². The topological polar surface area (TPSA) is 62.6 Å². The van der Waals surface area contributed by atoms with Gasteiger partial charge in [0.15, 0.2) is 5.82 Å². The van der Waals surface area contributed by atoms with Crippen molar-refractivity contribution in [1.29, 1.82) is 0 Å². The molecule has 7 heteroatoms. The average molecular weight is 308 g/mol. The Hall–Kier alpha value is -1.92. The fraction of sp³-hybridized carbons (Fsp3) is 0.0769. The van der Waals surface area contributed by atoms with Gasteiger partial charge >= 0.3 is 0 Å². The molecule has 2 heterocycles. The van der Waals surface area contributed by atoms with Gasteiger partial charge in [0.1, 0.15) is 11.2 Å². The summed E-state index contributed by atoms with van der Waals surface area (Å²) < 4.78 is 27.4. The Labute approximate surface area is 121 Å². The first-order valence-electron chi connectivity index (χ1n) is 5.80. The van der Waals surface area contributed by atoms with E-state index in [1.54, 1.807) is 17.0 Å². The second-order valence-corrected chi connectivity index (χ2v) is 6.33. The normalized spacial score (nSPS) is 16.0. The van der Waals surface area contributed by atoms with Crippen LogP contribution in [0, 0.1) is 6.92 Å². The number of anilines is 2. The number of aryl methyl sites for hydroxylation is 1. The van der Waals surface area contributed by atoms with Gasteiger partial charge in [0.05, 0.1) is 5.69 Å². The summed E-state index contributed by atoms with van der Waals surface area (Å²) in [5.74, 6) is 0.322. The van der Waals surface area contributed by atoms with E-state index in [-0.39, 0.29) is 4.90 Å². The Morgan fingerprint density at radius 1 is 1.25 bits per heavy atom. The van der Waals surface area contributed by atoms with Gasteiger partial charge in [-0.1, -0.05) is 17.7 Å². The van der Waals surface area contributed by atoms with Gasteiger partial charge in [-0.25, -0.2) is 4.98 Å². The van der Waals surface area contributed by atoms with Gasteiger partial charge in [-0.3, -0.25) is 4.90 Å². The lowest BCUT2D eigenvalue weighted by Gasteiger charge is -2.24. The van der Waals surface area contributed by atoms with E-state index in [1.165, 1.54) is 18.6 Å². The molecule has 0 amide bonds. The number of pyridine rings is 1. The van der Waals surface area contributed by atoms with Crippen molar-refractivity contribution in [3.8, 4) is 0 Å². The second kappa shape index (κ2) is 4.57. The summed E-state index contributed by atoms with van der Waals surface area (Å²) in [5.41, 5.74) is 1.65. The van der Waals surface area contributed by atoms with E-state index in [0.717, 1.165) is 5.56 Å². The van der Waals surface area contributed by atoms with Gasteiger partial charge in [-0.15, -0.1) is 4.40 Å². The highest BCUT2D eigenvalue weighted by Gasteiger charge is 2.27. The smallest absolute Gasteiger partial charge is 0.283 e. The van der Waals surface area contributed by atoms with E-state index in [4.69, 9.17) is 11.6 Å². The van der Waals surface area contributed by atoms with Crippen LogP contribution in [-0.2, 0) is 10.0 Å². The lowest BCUT2D eigenvalue weighted by atomic mass is 10.2. The van der Waals surface area contributed by atoms with Crippen LogP contribution in [0.1, 0.15) is 5.56 Å². The predicted molar refractivity (Wildman–Crippen MR) is 78.2 cm³/mol.